The highest BCUT2D eigenvalue weighted by Gasteiger charge is 2.12. The average Bonchev–Trinajstić information content (AvgIpc) is 2.45. The molecular formula is C13H14O2S. The molecule has 1 aromatic heterocycles. The Morgan fingerprint density at radius 2 is 1.88 bits per heavy atom. The maximum Gasteiger partial charge on any atom is 0.308 e. The van der Waals surface area contributed by atoms with Crippen molar-refractivity contribution >= 4 is 27.4 Å². The quantitative estimate of drug-likeness (QED) is 0.864. The van der Waals surface area contributed by atoms with Gasteiger partial charge in [0.25, 0.3) is 0 Å². The molecule has 0 aliphatic carbocycles. The van der Waals surface area contributed by atoms with Crippen LogP contribution in [0.3, 0.4) is 0 Å². The van der Waals surface area contributed by atoms with Crippen molar-refractivity contribution in [3.8, 4) is 0 Å². The van der Waals surface area contributed by atoms with Crippen molar-refractivity contribution in [1.82, 2.24) is 0 Å². The van der Waals surface area contributed by atoms with Gasteiger partial charge in [0.2, 0.25) is 0 Å². The van der Waals surface area contributed by atoms with Crippen LogP contribution in [0.15, 0.2) is 12.1 Å². The first kappa shape index (κ1) is 11.1. The standard InChI is InChI=1S/C13H14O2S/c1-7-4-10-9(3)11(6-13(14)15)16-12(10)5-8(7)2/h4-5H,6H2,1-3H3,(H,14,15). The van der Waals surface area contributed by atoms with Crippen LogP contribution in [0.25, 0.3) is 10.1 Å². The van der Waals surface area contributed by atoms with E-state index in [2.05, 4.69) is 26.0 Å². The molecule has 2 rings (SSSR count). The molecule has 0 saturated carbocycles. The Balaban J connectivity index is 2.63. The lowest BCUT2D eigenvalue weighted by molar-refractivity contribution is -0.136. The SMILES string of the molecule is Cc1cc2sc(CC(=O)O)c(C)c2cc1C. The molecule has 0 amide bonds. The fraction of sp³-hybridized carbons (Fsp3) is 0.308. The van der Waals surface area contributed by atoms with Gasteiger partial charge in [0, 0.05) is 9.58 Å². The molecule has 0 saturated heterocycles. The van der Waals surface area contributed by atoms with Crippen molar-refractivity contribution in [3.05, 3.63) is 33.7 Å². The van der Waals surface area contributed by atoms with Crippen LogP contribution in [0.2, 0.25) is 0 Å². The minimum absolute atomic E-state index is 0.128. The molecule has 0 aliphatic rings. The number of carboxylic acid groups (broad SMARTS) is 1. The molecule has 2 aromatic rings. The lowest BCUT2D eigenvalue weighted by Crippen LogP contribution is -1.98. The number of thiophene rings is 1. The Labute approximate surface area is 98.5 Å². The highest BCUT2D eigenvalue weighted by molar-refractivity contribution is 7.19. The van der Waals surface area contributed by atoms with Crippen molar-refractivity contribution < 1.29 is 9.90 Å². The zero-order valence-corrected chi connectivity index (χ0v) is 10.4. The normalized spacial score (nSPS) is 10.9. The van der Waals surface area contributed by atoms with Gasteiger partial charge in [0.15, 0.2) is 0 Å². The summed E-state index contributed by atoms with van der Waals surface area (Å²) in [7, 11) is 0. The zero-order chi connectivity index (χ0) is 11.9. The van der Waals surface area contributed by atoms with Crippen molar-refractivity contribution in [2.24, 2.45) is 0 Å². The van der Waals surface area contributed by atoms with Crippen LogP contribution in [0.5, 0.6) is 0 Å². The first-order chi connectivity index (χ1) is 7.49. The molecule has 0 bridgehead atoms. The van der Waals surface area contributed by atoms with Crippen LogP contribution >= 0.6 is 11.3 Å². The number of benzene rings is 1. The molecule has 84 valence electrons. The largest absolute Gasteiger partial charge is 0.481 e. The molecule has 1 N–H and O–H groups in total. The molecule has 3 heteroatoms. The van der Waals surface area contributed by atoms with Gasteiger partial charge in [-0.25, -0.2) is 0 Å². The maximum atomic E-state index is 10.7. The van der Waals surface area contributed by atoms with E-state index in [1.807, 2.05) is 6.92 Å². The van der Waals surface area contributed by atoms with Crippen LogP contribution in [0.1, 0.15) is 21.6 Å². The average molecular weight is 234 g/mol. The fourth-order valence-electron chi connectivity index (χ4n) is 1.83. The minimum atomic E-state index is -0.761. The van der Waals surface area contributed by atoms with Crippen LogP contribution < -0.4 is 0 Å². The predicted molar refractivity (Wildman–Crippen MR) is 67.4 cm³/mol. The Morgan fingerprint density at radius 1 is 1.25 bits per heavy atom. The van der Waals surface area contributed by atoms with E-state index < -0.39 is 5.97 Å². The van der Waals surface area contributed by atoms with Gasteiger partial charge in [-0.15, -0.1) is 11.3 Å². The van der Waals surface area contributed by atoms with E-state index in [1.165, 1.54) is 21.2 Å². The monoisotopic (exact) mass is 234 g/mol. The van der Waals surface area contributed by atoms with E-state index in [0.29, 0.717) is 0 Å². The molecular weight excluding hydrogens is 220 g/mol. The smallest absolute Gasteiger partial charge is 0.308 e. The molecule has 2 nitrogen and oxygen atoms in total. The third-order valence-corrected chi connectivity index (χ3v) is 4.22. The topological polar surface area (TPSA) is 37.3 Å². The van der Waals surface area contributed by atoms with Crippen molar-refractivity contribution in [1.29, 1.82) is 0 Å². The summed E-state index contributed by atoms with van der Waals surface area (Å²) in [6.45, 7) is 6.18. The molecule has 0 fully saturated rings. The second kappa shape index (κ2) is 3.91. The first-order valence-electron chi connectivity index (χ1n) is 5.20. The third-order valence-electron chi connectivity index (χ3n) is 2.96. The first-order valence-corrected chi connectivity index (χ1v) is 6.01. The van der Waals surface area contributed by atoms with Crippen LogP contribution in [0.4, 0.5) is 0 Å². The Bertz CT molecular complexity index is 567. The second-order valence-electron chi connectivity index (χ2n) is 4.15. The van der Waals surface area contributed by atoms with E-state index >= 15 is 0 Å². The number of carboxylic acids is 1. The number of carbonyl (C=O) groups is 1. The molecule has 16 heavy (non-hydrogen) atoms. The highest BCUT2D eigenvalue weighted by Crippen LogP contribution is 2.33. The summed E-state index contributed by atoms with van der Waals surface area (Å²) in [4.78, 5) is 11.7. The number of hydrogen-bond donors (Lipinski definition) is 1. The molecule has 0 atom stereocenters. The Morgan fingerprint density at radius 3 is 2.50 bits per heavy atom. The number of rotatable bonds is 2. The molecule has 0 spiro atoms. The molecule has 1 heterocycles. The summed E-state index contributed by atoms with van der Waals surface area (Å²) >= 11 is 1.59. The van der Waals surface area contributed by atoms with Crippen molar-refractivity contribution in [2.45, 2.75) is 27.2 Å². The summed E-state index contributed by atoms with van der Waals surface area (Å²) in [6.07, 6.45) is 0.128. The maximum absolute atomic E-state index is 10.7. The van der Waals surface area contributed by atoms with Gasteiger partial charge >= 0.3 is 5.97 Å². The van der Waals surface area contributed by atoms with Gasteiger partial charge in [-0.2, -0.15) is 0 Å². The van der Waals surface area contributed by atoms with Gasteiger partial charge < -0.3 is 5.11 Å². The molecule has 0 aliphatic heterocycles. The third kappa shape index (κ3) is 1.83. The highest BCUT2D eigenvalue weighted by atomic mass is 32.1. The Hall–Kier alpha value is -1.35. The van der Waals surface area contributed by atoms with Crippen LogP contribution in [0, 0.1) is 20.8 Å². The van der Waals surface area contributed by atoms with Gasteiger partial charge in [0.1, 0.15) is 0 Å². The number of aryl methyl sites for hydroxylation is 3. The summed E-state index contributed by atoms with van der Waals surface area (Å²) < 4.78 is 1.19. The number of fused-ring (bicyclic) bond motifs is 1. The van der Waals surface area contributed by atoms with Crippen LogP contribution in [-0.2, 0) is 11.2 Å². The number of hydrogen-bond acceptors (Lipinski definition) is 2. The second-order valence-corrected chi connectivity index (χ2v) is 5.29. The lowest BCUT2D eigenvalue weighted by atomic mass is 10.0. The van der Waals surface area contributed by atoms with E-state index in [1.54, 1.807) is 11.3 Å². The molecule has 0 unspecified atom stereocenters. The lowest BCUT2D eigenvalue weighted by Gasteiger charge is -2.00. The summed E-state index contributed by atoms with van der Waals surface area (Å²) in [5, 5.41) is 10.0. The number of aliphatic carboxylic acids is 1. The fourth-order valence-corrected chi connectivity index (χ4v) is 3.11. The predicted octanol–water partition coefficient (Wildman–Crippen LogP) is 3.45. The zero-order valence-electron chi connectivity index (χ0n) is 9.63. The van der Waals surface area contributed by atoms with E-state index in [-0.39, 0.29) is 6.42 Å². The van der Waals surface area contributed by atoms with Gasteiger partial charge in [0.05, 0.1) is 6.42 Å². The summed E-state index contributed by atoms with van der Waals surface area (Å²) in [5.74, 6) is -0.761. The minimum Gasteiger partial charge on any atom is -0.481 e. The van der Waals surface area contributed by atoms with E-state index in [9.17, 15) is 4.79 Å². The summed E-state index contributed by atoms with van der Waals surface area (Å²) in [5.41, 5.74) is 3.64. The summed E-state index contributed by atoms with van der Waals surface area (Å²) in [6, 6.07) is 4.30. The molecule has 1 aromatic carbocycles. The van der Waals surface area contributed by atoms with Gasteiger partial charge in [-0.05, 0) is 48.9 Å². The van der Waals surface area contributed by atoms with Gasteiger partial charge in [-0.3, -0.25) is 4.79 Å². The molecule has 0 radical (unpaired) electrons. The van der Waals surface area contributed by atoms with Crippen molar-refractivity contribution in [2.75, 3.05) is 0 Å². The van der Waals surface area contributed by atoms with E-state index in [0.717, 1.165) is 10.4 Å². The van der Waals surface area contributed by atoms with E-state index in [4.69, 9.17) is 5.11 Å². The van der Waals surface area contributed by atoms with Crippen molar-refractivity contribution in [3.63, 3.8) is 0 Å². The van der Waals surface area contributed by atoms with Crippen LogP contribution in [-0.4, -0.2) is 11.1 Å². The Kier molecular flexibility index (Phi) is 2.72. The van der Waals surface area contributed by atoms with Gasteiger partial charge in [-0.1, -0.05) is 6.07 Å².